The highest BCUT2D eigenvalue weighted by Crippen LogP contribution is 2.27. The summed E-state index contributed by atoms with van der Waals surface area (Å²) < 4.78 is 5.87. The molecule has 3 rings (SSSR count). The highest BCUT2D eigenvalue weighted by molar-refractivity contribution is 6.30. The summed E-state index contributed by atoms with van der Waals surface area (Å²) in [6.45, 7) is 0. The van der Waals surface area contributed by atoms with E-state index in [9.17, 15) is 4.79 Å². The second-order valence-electron chi connectivity index (χ2n) is 5.09. The van der Waals surface area contributed by atoms with Gasteiger partial charge in [-0.05, 0) is 42.0 Å². The van der Waals surface area contributed by atoms with E-state index >= 15 is 0 Å². The van der Waals surface area contributed by atoms with Crippen LogP contribution >= 0.6 is 11.6 Å². The van der Waals surface area contributed by atoms with Gasteiger partial charge in [-0.1, -0.05) is 35.9 Å². The van der Waals surface area contributed by atoms with Gasteiger partial charge in [0.25, 0.3) is 0 Å². The fraction of sp³-hybridized carbons (Fsp3) is 0.111. The van der Waals surface area contributed by atoms with Crippen molar-refractivity contribution >= 4 is 29.5 Å². The molecule has 0 aromatic heterocycles. The van der Waals surface area contributed by atoms with E-state index in [0.717, 1.165) is 5.56 Å². The Morgan fingerprint density at radius 3 is 2.43 bits per heavy atom. The molecule has 23 heavy (non-hydrogen) atoms. The smallest absolute Gasteiger partial charge is 0.335 e. The molecule has 2 aromatic carbocycles. The summed E-state index contributed by atoms with van der Waals surface area (Å²) in [5.41, 5.74) is 1.96. The Balaban J connectivity index is 1.62. The Bertz CT molecular complexity index is 751. The van der Waals surface area contributed by atoms with Crippen molar-refractivity contribution < 1.29 is 14.6 Å². The predicted octanol–water partition coefficient (Wildman–Crippen LogP) is 4.44. The number of ether oxygens (including phenoxy) is 1. The number of rotatable bonds is 4. The summed E-state index contributed by atoms with van der Waals surface area (Å²) in [5, 5.41) is 9.55. The lowest BCUT2D eigenvalue weighted by atomic mass is 10.1. The van der Waals surface area contributed by atoms with Crippen LogP contribution in [0.3, 0.4) is 0 Å². The minimum absolute atomic E-state index is 0.113. The van der Waals surface area contributed by atoms with Crippen molar-refractivity contribution in [2.24, 2.45) is 4.99 Å². The Hall–Kier alpha value is -2.43. The van der Waals surface area contributed by atoms with Gasteiger partial charge in [-0.25, -0.2) is 4.79 Å². The van der Waals surface area contributed by atoms with Crippen molar-refractivity contribution in [3.8, 4) is 0 Å². The van der Waals surface area contributed by atoms with E-state index in [2.05, 4.69) is 4.99 Å². The number of carboxylic acids is 1. The van der Waals surface area contributed by atoms with Gasteiger partial charge >= 0.3 is 5.97 Å². The highest BCUT2D eigenvalue weighted by Gasteiger charge is 2.19. The van der Waals surface area contributed by atoms with Crippen molar-refractivity contribution in [3.63, 3.8) is 0 Å². The van der Waals surface area contributed by atoms with E-state index in [1.165, 1.54) is 12.1 Å². The van der Waals surface area contributed by atoms with Crippen LogP contribution in [-0.4, -0.2) is 23.4 Å². The van der Waals surface area contributed by atoms with Crippen molar-refractivity contribution in [2.45, 2.75) is 12.2 Å². The predicted molar refractivity (Wildman–Crippen MR) is 89.8 cm³/mol. The number of hydrogen-bond donors (Lipinski definition) is 1. The van der Waals surface area contributed by atoms with Crippen LogP contribution in [0.2, 0.25) is 5.02 Å². The molecule has 4 nitrogen and oxygen atoms in total. The zero-order valence-corrected chi connectivity index (χ0v) is 12.9. The molecule has 1 aliphatic heterocycles. The normalized spacial score (nSPS) is 20.2. The first-order valence-electron chi connectivity index (χ1n) is 7.08. The van der Waals surface area contributed by atoms with Crippen LogP contribution in [0.4, 0.5) is 5.69 Å². The molecule has 0 aliphatic carbocycles. The first-order chi connectivity index (χ1) is 11.1. The van der Waals surface area contributed by atoms with Crippen LogP contribution in [0.1, 0.15) is 22.0 Å². The van der Waals surface area contributed by atoms with Crippen molar-refractivity contribution in [1.82, 2.24) is 0 Å². The van der Waals surface area contributed by atoms with Crippen LogP contribution in [0.25, 0.3) is 0 Å². The quantitative estimate of drug-likeness (QED) is 0.667. The van der Waals surface area contributed by atoms with Crippen LogP contribution in [0, 0.1) is 0 Å². The van der Waals surface area contributed by atoms with Crippen molar-refractivity contribution in [1.29, 1.82) is 0 Å². The fourth-order valence-electron chi connectivity index (χ4n) is 2.25. The first-order valence-corrected chi connectivity index (χ1v) is 7.46. The average molecular weight is 328 g/mol. The van der Waals surface area contributed by atoms with Crippen molar-refractivity contribution in [3.05, 3.63) is 76.8 Å². The molecule has 0 saturated carbocycles. The van der Waals surface area contributed by atoms with E-state index in [1.807, 2.05) is 36.4 Å². The zero-order chi connectivity index (χ0) is 16.2. The standard InChI is InChI=1S/C18H14ClNO3/c19-14-5-1-12(2-6-14)17-10-9-16(23-17)11-20-15-7-3-13(4-8-15)18(21)22/h1-11,16-17H,(H,21,22). The highest BCUT2D eigenvalue weighted by atomic mass is 35.5. The lowest BCUT2D eigenvalue weighted by molar-refractivity contribution is 0.0697. The van der Waals surface area contributed by atoms with Gasteiger partial charge in [0.2, 0.25) is 0 Å². The summed E-state index contributed by atoms with van der Waals surface area (Å²) in [6, 6.07) is 13.9. The topological polar surface area (TPSA) is 58.9 Å². The van der Waals surface area contributed by atoms with Gasteiger partial charge in [0, 0.05) is 11.2 Å². The molecule has 2 aromatic rings. The van der Waals surface area contributed by atoms with Gasteiger partial charge in [0.1, 0.15) is 12.2 Å². The molecular weight excluding hydrogens is 314 g/mol. The number of carboxylic acid groups (broad SMARTS) is 1. The minimum atomic E-state index is -0.951. The van der Waals surface area contributed by atoms with Crippen LogP contribution < -0.4 is 0 Å². The van der Waals surface area contributed by atoms with Crippen LogP contribution in [-0.2, 0) is 4.74 Å². The number of aromatic carboxylic acids is 1. The Morgan fingerprint density at radius 1 is 1.09 bits per heavy atom. The zero-order valence-electron chi connectivity index (χ0n) is 12.1. The van der Waals surface area contributed by atoms with Gasteiger partial charge in [0.05, 0.1) is 11.3 Å². The molecule has 0 amide bonds. The Kier molecular flexibility index (Phi) is 4.55. The molecule has 1 aliphatic rings. The third-order valence-corrected chi connectivity index (χ3v) is 3.71. The van der Waals surface area contributed by atoms with Crippen molar-refractivity contribution in [2.75, 3.05) is 0 Å². The Morgan fingerprint density at radius 2 is 1.78 bits per heavy atom. The second-order valence-corrected chi connectivity index (χ2v) is 5.52. The molecule has 0 bridgehead atoms. The number of aliphatic imine (C=N–C) groups is 1. The third kappa shape index (κ3) is 3.86. The van der Waals surface area contributed by atoms with Gasteiger partial charge in [-0.2, -0.15) is 0 Å². The summed E-state index contributed by atoms with van der Waals surface area (Å²) >= 11 is 5.88. The van der Waals surface area contributed by atoms with E-state index in [4.69, 9.17) is 21.4 Å². The Labute approximate surface area is 138 Å². The summed E-state index contributed by atoms with van der Waals surface area (Å²) in [5.74, 6) is -0.951. The molecule has 0 spiro atoms. The second kappa shape index (κ2) is 6.77. The average Bonchev–Trinajstić information content (AvgIpc) is 3.03. The number of halogens is 1. The monoisotopic (exact) mass is 327 g/mol. The number of benzene rings is 2. The van der Waals surface area contributed by atoms with Gasteiger partial charge in [-0.3, -0.25) is 4.99 Å². The molecule has 0 saturated heterocycles. The molecule has 1 heterocycles. The van der Waals surface area contributed by atoms with Crippen LogP contribution in [0.15, 0.2) is 65.7 Å². The van der Waals surface area contributed by atoms with Gasteiger partial charge in [0.15, 0.2) is 0 Å². The number of carbonyl (C=O) groups is 1. The minimum Gasteiger partial charge on any atom is -0.478 e. The van der Waals surface area contributed by atoms with E-state index in [0.29, 0.717) is 10.7 Å². The van der Waals surface area contributed by atoms with Gasteiger partial charge in [-0.15, -0.1) is 0 Å². The summed E-state index contributed by atoms with van der Waals surface area (Å²) in [6.07, 6.45) is 5.29. The summed E-state index contributed by atoms with van der Waals surface area (Å²) in [4.78, 5) is 15.1. The molecule has 0 fully saturated rings. The largest absolute Gasteiger partial charge is 0.478 e. The fourth-order valence-corrected chi connectivity index (χ4v) is 2.37. The molecular formula is C18H14ClNO3. The molecule has 1 N–H and O–H groups in total. The van der Waals surface area contributed by atoms with E-state index in [1.54, 1.807) is 18.3 Å². The lowest BCUT2D eigenvalue weighted by Crippen LogP contribution is -2.08. The molecule has 0 radical (unpaired) electrons. The van der Waals surface area contributed by atoms with Crippen LogP contribution in [0.5, 0.6) is 0 Å². The molecule has 5 heteroatoms. The number of nitrogens with zero attached hydrogens (tertiary/aromatic N) is 1. The maximum atomic E-state index is 10.8. The third-order valence-electron chi connectivity index (χ3n) is 3.46. The summed E-state index contributed by atoms with van der Waals surface area (Å²) in [7, 11) is 0. The lowest BCUT2D eigenvalue weighted by Gasteiger charge is -2.11. The SMILES string of the molecule is O=C(O)c1ccc(N=CC2C=CC(c3ccc(Cl)cc3)O2)cc1. The maximum Gasteiger partial charge on any atom is 0.335 e. The van der Waals surface area contributed by atoms with E-state index in [-0.39, 0.29) is 17.8 Å². The molecule has 116 valence electrons. The number of hydrogen-bond acceptors (Lipinski definition) is 3. The molecule has 2 atom stereocenters. The van der Waals surface area contributed by atoms with E-state index < -0.39 is 5.97 Å². The van der Waals surface area contributed by atoms with Gasteiger partial charge < -0.3 is 9.84 Å². The molecule has 2 unspecified atom stereocenters. The maximum absolute atomic E-state index is 10.8. The first kappa shape index (κ1) is 15.5.